The summed E-state index contributed by atoms with van der Waals surface area (Å²) in [6.07, 6.45) is -3.05. The summed E-state index contributed by atoms with van der Waals surface area (Å²) in [7, 11) is 1.64. The number of nitrogens with one attached hydrogen (secondary N) is 2. The molecule has 1 saturated carbocycles. The van der Waals surface area contributed by atoms with Crippen LogP contribution in [0.4, 0.5) is 0 Å². The Morgan fingerprint density at radius 3 is 2.48 bits per heavy atom. The monoisotopic (exact) mass is 475 g/mol. The first kappa shape index (κ1) is 26.7. The Morgan fingerprint density at radius 2 is 1.85 bits per heavy atom. The average Bonchev–Trinajstić information content (AvgIpc) is 2.76. The fraction of sp³-hybridized carbons (Fsp3) is 0.905. The number of likely N-dealkylation sites (N-methyl/N-ethyl adjacent to an activating group) is 2. The van der Waals surface area contributed by atoms with Gasteiger partial charge in [0.15, 0.2) is 6.29 Å². The van der Waals surface area contributed by atoms with Crippen LogP contribution >= 0.6 is 0 Å². The molecular weight excluding hydrogens is 434 g/mol. The minimum Gasteiger partial charge on any atom is -0.467 e. The molecule has 1 aliphatic carbocycles. The van der Waals surface area contributed by atoms with E-state index in [0.29, 0.717) is 25.1 Å². The third-order valence-electron chi connectivity index (χ3n) is 6.64. The number of nitrogens with two attached hydrogens (primary N) is 3. The number of hydrogen-bond acceptors (Lipinski definition) is 12. The van der Waals surface area contributed by atoms with Gasteiger partial charge in [0.2, 0.25) is 6.29 Å². The second kappa shape index (κ2) is 11.2. The molecule has 0 radical (unpaired) electrons. The van der Waals surface area contributed by atoms with Crippen LogP contribution in [-0.4, -0.2) is 109 Å². The van der Waals surface area contributed by atoms with E-state index in [-0.39, 0.29) is 19.2 Å². The minimum absolute atomic E-state index is 0.0483. The lowest BCUT2D eigenvalue weighted by atomic mass is 9.83. The highest BCUT2D eigenvalue weighted by molar-refractivity contribution is 5.05. The summed E-state index contributed by atoms with van der Waals surface area (Å²) in [6, 6.07) is -1.95. The zero-order valence-corrected chi connectivity index (χ0v) is 19.6. The maximum absolute atomic E-state index is 11.3. The van der Waals surface area contributed by atoms with Gasteiger partial charge >= 0.3 is 0 Å². The highest BCUT2D eigenvalue weighted by Crippen LogP contribution is 2.31. The molecule has 11 N–H and O–H groups in total. The van der Waals surface area contributed by atoms with Crippen molar-refractivity contribution in [1.29, 1.82) is 0 Å². The summed E-state index contributed by atoms with van der Waals surface area (Å²) in [5, 5.41) is 38.8. The zero-order chi connectivity index (χ0) is 24.3. The lowest BCUT2D eigenvalue weighted by molar-refractivity contribution is -0.304. The van der Waals surface area contributed by atoms with Gasteiger partial charge in [0.05, 0.1) is 25.2 Å². The standard InChI is InChI=1S/C21H41N5O7/c1-4-26-13-7-12(24)16(32-19-11(23)6-5-10(8-22)31-19)14(27)17(13)33-20-15(28)18(25-3)21(2,29)9-30-20/h5,11-20,25-29H,4,6-9,22-24H2,1-3H3/t11-,12+,13-,14-,15+,16-,17+,18-,19-,20-,21+/m1/s1. The molecule has 0 amide bonds. The molecule has 33 heavy (non-hydrogen) atoms. The van der Waals surface area contributed by atoms with E-state index in [1.807, 2.05) is 13.0 Å². The van der Waals surface area contributed by atoms with E-state index in [2.05, 4.69) is 10.6 Å². The van der Waals surface area contributed by atoms with Crippen molar-refractivity contribution in [2.45, 2.75) is 93.5 Å². The van der Waals surface area contributed by atoms with Gasteiger partial charge in [0, 0.05) is 12.1 Å². The van der Waals surface area contributed by atoms with E-state index in [0.717, 1.165) is 0 Å². The summed E-state index contributed by atoms with van der Waals surface area (Å²) in [6.45, 7) is 4.30. The second-order valence-electron chi connectivity index (χ2n) is 9.31. The molecule has 2 heterocycles. The van der Waals surface area contributed by atoms with Crippen LogP contribution in [0.15, 0.2) is 11.8 Å². The van der Waals surface area contributed by atoms with Gasteiger partial charge in [-0.25, -0.2) is 0 Å². The molecule has 3 rings (SSSR count). The molecule has 2 aliphatic heterocycles. The first-order valence-electron chi connectivity index (χ1n) is 11.6. The van der Waals surface area contributed by atoms with Crippen molar-refractivity contribution in [3.63, 3.8) is 0 Å². The molecule has 3 aliphatic rings. The first-order valence-corrected chi connectivity index (χ1v) is 11.6. The Labute approximate surface area is 194 Å². The molecule has 0 bridgehead atoms. The van der Waals surface area contributed by atoms with Crippen LogP contribution in [0.3, 0.4) is 0 Å². The molecule has 11 atom stereocenters. The van der Waals surface area contributed by atoms with Gasteiger partial charge in [-0.3, -0.25) is 0 Å². The van der Waals surface area contributed by atoms with Gasteiger partial charge in [-0.15, -0.1) is 0 Å². The second-order valence-corrected chi connectivity index (χ2v) is 9.31. The Hall–Kier alpha value is -0.900. The van der Waals surface area contributed by atoms with Gasteiger partial charge in [-0.1, -0.05) is 6.92 Å². The lowest BCUT2D eigenvalue weighted by Crippen LogP contribution is -2.69. The summed E-state index contributed by atoms with van der Waals surface area (Å²) in [5.74, 6) is 0.572. The van der Waals surface area contributed by atoms with Gasteiger partial charge in [-0.2, -0.15) is 0 Å². The number of hydrogen-bond donors (Lipinski definition) is 8. The predicted octanol–water partition coefficient (Wildman–Crippen LogP) is -3.20. The quantitative estimate of drug-likeness (QED) is 0.175. The van der Waals surface area contributed by atoms with E-state index < -0.39 is 60.7 Å². The van der Waals surface area contributed by atoms with Gasteiger partial charge in [-0.05, 0) is 39.4 Å². The van der Waals surface area contributed by atoms with E-state index in [9.17, 15) is 15.3 Å². The van der Waals surface area contributed by atoms with Crippen molar-refractivity contribution in [3.05, 3.63) is 11.8 Å². The molecule has 1 saturated heterocycles. The van der Waals surface area contributed by atoms with Crippen LogP contribution in [-0.2, 0) is 18.9 Å². The van der Waals surface area contributed by atoms with Gasteiger partial charge in [0.1, 0.15) is 35.8 Å². The molecule has 12 nitrogen and oxygen atoms in total. The van der Waals surface area contributed by atoms with Crippen molar-refractivity contribution in [3.8, 4) is 0 Å². The van der Waals surface area contributed by atoms with Crippen LogP contribution in [0, 0.1) is 0 Å². The van der Waals surface area contributed by atoms with Crippen LogP contribution in [0.5, 0.6) is 0 Å². The van der Waals surface area contributed by atoms with Crippen molar-refractivity contribution in [2.24, 2.45) is 17.2 Å². The topological polar surface area (TPSA) is 200 Å². The van der Waals surface area contributed by atoms with Crippen LogP contribution in [0.2, 0.25) is 0 Å². The summed E-state index contributed by atoms with van der Waals surface area (Å²) in [4.78, 5) is 0. The summed E-state index contributed by atoms with van der Waals surface area (Å²) >= 11 is 0. The molecule has 192 valence electrons. The normalized spacial score (nSPS) is 46.5. The summed E-state index contributed by atoms with van der Waals surface area (Å²) in [5.41, 5.74) is 16.9. The Kier molecular flexibility index (Phi) is 9.08. The first-order chi connectivity index (χ1) is 15.6. The Morgan fingerprint density at radius 1 is 1.15 bits per heavy atom. The van der Waals surface area contributed by atoms with Crippen molar-refractivity contribution < 1.29 is 34.3 Å². The lowest BCUT2D eigenvalue weighted by Gasteiger charge is -2.49. The van der Waals surface area contributed by atoms with Gasteiger partial charge in [0.25, 0.3) is 0 Å². The molecule has 2 fully saturated rings. The fourth-order valence-electron chi connectivity index (χ4n) is 4.86. The third-order valence-corrected chi connectivity index (χ3v) is 6.64. The summed E-state index contributed by atoms with van der Waals surface area (Å²) < 4.78 is 23.6. The predicted molar refractivity (Wildman–Crippen MR) is 120 cm³/mol. The van der Waals surface area contributed by atoms with Crippen LogP contribution < -0.4 is 27.8 Å². The highest BCUT2D eigenvalue weighted by Gasteiger charge is 2.51. The van der Waals surface area contributed by atoms with Crippen LogP contribution in [0.1, 0.15) is 26.7 Å². The van der Waals surface area contributed by atoms with Crippen molar-refractivity contribution in [1.82, 2.24) is 10.6 Å². The molecule has 0 spiro atoms. The molecule has 12 heteroatoms. The maximum atomic E-state index is 11.3. The van der Waals surface area contributed by atoms with Crippen molar-refractivity contribution in [2.75, 3.05) is 26.7 Å². The number of aliphatic hydroxyl groups is 3. The van der Waals surface area contributed by atoms with Crippen molar-refractivity contribution >= 4 is 0 Å². The molecular formula is C21H41N5O7. The van der Waals surface area contributed by atoms with E-state index in [4.69, 9.17) is 36.1 Å². The molecule has 0 aromatic carbocycles. The third kappa shape index (κ3) is 5.85. The Balaban J connectivity index is 1.75. The smallest absolute Gasteiger partial charge is 0.215 e. The molecule has 0 aromatic rings. The number of ether oxygens (including phenoxy) is 4. The fourth-order valence-corrected chi connectivity index (χ4v) is 4.86. The minimum atomic E-state index is -1.28. The average molecular weight is 476 g/mol. The number of rotatable bonds is 8. The van der Waals surface area contributed by atoms with Gasteiger partial charge < -0.3 is 62.1 Å². The maximum Gasteiger partial charge on any atom is 0.215 e. The largest absolute Gasteiger partial charge is 0.467 e. The number of aliphatic hydroxyl groups excluding tert-OH is 2. The SMILES string of the molecule is CCN[C@@H]1C[C@H](N)[C@@H](O[C@H]2OC(CN)=CC[C@H]2N)[C@@H](O)[C@H]1O[C@H]1OC[C@](C)(O)[C@H](NC)[C@@H]1O. The van der Waals surface area contributed by atoms with E-state index in [1.54, 1.807) is 14.0 Å². The highest BCUT2D eigenvalue weighted by atomic mass is 16.7. The zero-order valence-electron chi connectivity index (χ0n) is 19.6. The molecule has 0 aromatic heterocycles. The van der Waals surface area contributed by atoms with Crippen LogP contribution in [0.25, 0.3) is 0 Å². The van der Waals surface area contributed by atoms with E-state index in [1.165, 1.54) is 0 Å². The Bertz CT molecular complexity index is 669. The van der Waals surface area contributed by atoms with E-state index >= 15 is 0 Å². The molecule has 0 unspecified atom stereocenters.